The first-order valence-electron chi connectivity index (χ1n) is 9.66. The lowest BCUT2D eigenvalue weighted by molar-refractivity contribution is -0.116. The number of aryl methyl sites for hydroxylation is 1. The number of fused-ring (bicyclic) bond motifs is 1. The van der Waals surface area contributed by atoms with Crippen molar-refractivity contribution in [2.45, 2.75) is 63.5 Å². The normalized spacial score (nSPS) is 23.0. The predicted molar refractivity (Wildman–Crippen MR) is 95.6 cm³/mol. The molecule has 0 spiro atoms. The summed E-state index contributed by atoms with van der Waals surface area (Å²) >= 11 is 0. The van der Waals surface area contributed by atoms with Gasteiger partial charge in [0.05, 0.1) is 11.7 Å². The van der Waals surface area contributed by atoms with Crippen LogP contribution in [0, 0.1) is 5.82 Å². The number of amides is 2. The molecule has 1 N–H and O–H groups in total. The van der Waals surface area contributed by atoms with Crippen molar-refractivity contribution >= 4 is 17.5 Å². The zero-order chi connectivity index (χ0) is 18.1. The van der Waals surface area contributed by atoms with Gasteiger partial charge in [0.2, 0.25) is 5.91 Å². The molecule has 1 aromatic carbocycles. The number of anilines is 1. The first-order valence-corrected chi connectivity index (χ1v) is 9.66. The minimum atomic E-state index is -0.564. The van der Waals surface area contributed by atoms with Crippen LogP contribution >= 0.6 is 0 Å². The van der Waals surface area contributed by atoms with Gasteiger partial charge in [-0.05, 0) is 49.8 Å². The van der Waals surface area contributed by atoms with E-state index in [4.69, 9.17) is 4.74 Å². The summed E-state index contributed by atoms with van der Waals surface area (Å²) < 4.78 is 20.4. The lowest BCUT2D eigenvalue weighted by atomic mass is 9.98. The Morgan fingerprint density at radius 3 is 2.73 bits per heavy atom. The Hall–Kier alpha value is -1.95. The highest BCUT2D eigenvalue weighted by Gasteiger charge is 2.32. The summed E-state index contributed by atoms with van der Waals surface area (Å²) in [7, 11) is 0. The first-order chi connectivity index (χ1) is 12.6. The number of hydrogen-bond acceptors (Lipinski definition) is 3. The van der Waals surface area contributed by atoms with Gasteiger partial charge in [0.25, 0.3) is 5.91 Å². The summed E-state index contributed by atoms with van der Waals surface area (Å²) in [5.74, 6) is -0.919. The van der Waals surface area contributed by atoms with E-state index in [1.54, 1.807) is 6.07 Å². The number of nitrogens with one attached hydrogen (secondary N) is 1. The zero-order valence-corrected chi connectivity index (χ0v) is 14.9. The Balaban J connectivity index is 1.61. The number of nitrogens with zero attached hydrogens (tertiary/aromatic N) is 1. The third-order valence-electron chi connectivity index (χ3n) is 5.77. The first kappa shape index (κ1) is 17.5. The van der Waals surface area contributed by atoms with Crippen molar-refractivity contribution in [2.75, 3.05) is 18.5 Å². The fraction of sp³-hybridized carbons (Fsp3) is 0.600. The molecule has 1 aromatic rings. The highest BCUT2D eigenvalue weighted by atomic mass is 19.1. The molecule has 0 aromatic heterocycles. The number of rotatable bonds is 4. The molecule has 0 radical (unpaired) electrons. The van der Waals surface area contributed by atoms with Crippen LogP contribution in [0.3, 0.4) is 0 Å². The quantitative estimate of drug-likeness (QED) is 0.896. The standard InChI is InChI=1S/C20H25FN2O3/c21-17-11-18-13(7-8-19(24)22-18)10-16(17)20(25)23(14-4-1-2-5-14)12-15-6-3-9-26-15/h10-11,14-15H,1-9,12H2,(H,22,24). The van der Waals surface area contributed by atoms with E-state index in [2.05, 4.69) is 5.32 Å². The van der Waals surface area contributed by atoms with Gasteiger partial charge in [-0.2, -0.15) is 0 Å². The molecule has 1 saturated heterocycles. The van der Waals surface area contributed by atoms with Gasteiger partial charge < -0.3 is 15.0 Å². The summed E-state index contributed by atoms with van der Waals surface area (Å²) in [6.45, 7) is 1.28. The molecule has 140 valence electrons. The topological polar surface area (TPSA) is 58.6 Å². The van der Waals surface area contributed by atoms with Crippen LogP contribution in [0.1, 0.15) is 60.9 Å². The summed E-state index contributed by atoms with van der Waals surface area (Å²) in [4.78, 5) is 26.6. The number of ether oxygens (including phenoxy) is 1. The lowest BCUT2D eigenvalue weighted by Gasteiger charge is -2.31. The molecular weight excluding hydrogens is 335 g/mol. The average molecular weight is 360 g/mol. The molecule has 26 heavy (non-hydrogen) atoms. The molecule has 3 aliphatic rings. The second-order valence-electron chi connectivity index (χ2n) is 7.57. The van der Waals surface area contributed by atoms with Crippen LogP contribution in [0.5, 0.6) is 0 Å². The van der Waals surface area contributed by atoms with E-state index in [0.29, 0.717) is 25.1 Å². The van der Waals surface area contributed by atoms with Gasteiger partial charge >= 0.3 is 0 Å². The number of benzene rings is 1. The molecule has 6 heteroatoms. The Bertz CT molecular complexity index is 709. The molecule has 2 fully saturated rings. The van der Waals surface area contributed by atoms with E-state index in [1.165, 1.54) is 6.07 Å². The van der Waals surface area contributed by atoms with Crippen molar-refractivity contribution in [2.24, 2.45) is 0 Å². The summed E-state index contributed by atoms with van der Waals surface area (Å²) in [6, 6.07) is 3.09. The van der Waals surface area contributed by atoms with Crippen molar-refractivity contribution in [3.05, 3.63) is 29.1 Å². The molecule has 4 rings (SSSR count). The van der Waals surface area contributed by atoms with E-state index in [0.717, 1.165) is 50.7 Å². The van der Waals surface area contributed by atoms with Crippen LogP contribution in [0.2, 0.25) is 0 Å². The van der Waals surface area contributed by atoms with Crippen molar-refractivity contribution < 1.29 is 18.7 Å². The van der Waals surface area contributed by atoms with E-state index >= 15 is 0 Å². The lowest BCUT2D eigenvalue weighted by Crippen LogP contribution is -2.43. The predicted octanol–water partition coefficient (Wildman–Crippen LogP) is 3.27. The third kappa shape index (κ3) is 3.47. The molecular formula is C20H25FN2O3. The Morgan fingerprint density at radius 2 is 2.00 bits per heavy atom. The summed E-state index contributed by atoms with van der Waals surface area (Å²) in [5.41, 5.74) is 1.43. The smallest absolute Gasteiger partial charge is 0.257 e. The van der Waals surface area contributed by atoms with Gasteiger partial charge in [-0.3, -0.25) is 9.59 Å². The van der Waals surface area contributed by atoms with E-state index < -0.39 is 5.82 Å². The maximum absolute atomic E-state index is 14.7. The average Bonchev–Trinajstić information content (AvgIpc) is 3.32. The van der Waals surface area contributed by atoms with E-state index in [-0.39, 0.29) is 29.5 Å². The van der Waals surface area contributed by atoms with Crippen LogP contribution in [0.25, 0.3) is 0 Å². The van der Waals surface area contributed by atoms with Crippen molar-refractivity contribution in [3.63, 3.8) is 0 Å². The maximum Gasteiger partial charge on any atom is 0.257 e. The number of halogens is 1. The molecule has 1 saturated carbocycles. The van der Waals surface area contributed by atoms with Crippen molar-refractivity contribution in [3.8, 4) is 0 Å². The van der Waals surface area contributed by atoms with Gasteiger partial charge in [0, 0.05) is 31.3 Å². The van der Waals surface area contributed by atoms with E-state index in [9.17, 15) is 14.0 Å². The van der Waals surface area contributed by atoms with Gasteiger partial charge in [-0.25, -0.2) is 4.39 Å². The number of carbonyl (C=O) groups is 2. The largest absolute Gasteiger partial charge is 0.376 e. The molecule has 2 heterocycles. The van der Waals surface area contributed by atoms with Crippen LogP contribution in [-0.2, 0) is 16.0 Å². The van der Waals surface area contributed by atoms with Crippen molar-refractivity contribution in [1.82, 2.24) is 4.90 Å². The van der Waals surface area contributed by atoms with Crippen molar-refractivity contribution in [1.29, 1.82) is 0 Å². The van der Waals surface area contributed by atoms with Gasteiger partial charge in [0.1, 0.15) is 5.82 Å². The monoisotopic (exact) mass is 360 g/mol. The molecule has 1 unspecified atom stereocenters. The van der Waals surface area contributed by atoms with Crippen LogP contribution in [0.4, 0.5) is 10.1 Å². The third-order valence-corrected chi connectivity index (χ3v) is 5.77. The number of hydrogen-bond donors (Lipinski definition) is 1. The Morgan fingerprint density at radius 1 is 1.19 bits per heavy atom. The maximum atomic E-state index is 14.7. The Kier molecular flexibility index (Phi) is 4.94. The molecule has 1 aliphatic carbocycles. The van der Waals surface area contributed by atoms with Crippen LogP contribution < -0.4 is 5.32 Å². The Labute approximate surface area is 152 Å². The molecule has 0 bridgehead atoms. The van der Waals surface area contributed by atoms with Crippen LogP contribution in [-0.4, -0.2) is 42.0 Å². The van der Waals surface area contributed by atoms with Gasteiger partial charge in [0.15, 0.2) is 0 Å². The van der Waals surface area contributed by atoms with E-state index in [1.807, 2.05) is 4.90 Å². The fourth-order valence-electron chi connectivity index (χ4n) is 4.34. The molecule has 2 aliphatic heterocycles. The number of carbonyl (C=O) groups excluding carboxylic acids is 2. The minimum absolute atomic E-state index is 0.0551. The molecule has 2 amide bonds. The highest BCUT2D eigenvalue weighted by molar-refractivity contribution is 5.98. The second-order valence-corrected chi connectivity index (χ2v) is 7.57. The molecule has 1 atom stereocenters. The second kappa shape index (κ2) is 7.35. The SMILES string of the molecule is O=C1CCc2cc(C(=O)N(CC3CCCO3)C3CCCC3)c(F)cc2N1. The fourth-order valence-corrected chi connectivity index (χ4v) is 4.34. The summed E-state index contributed by atoms with van der Waals surface area (Å²) in [6.07, 6.45) is 7.10. The zero-order valence-electron chi connectivity index (χ0n) is 14.9. The molecule has 5 nitrogen and oxygen atoms in total. The minimum Gasteiger partial charge on any atom is -0.376 e. The van der Waals surface area contributed by atoms with Crippen LogP contribution in [0.15, 0.2) is 12.1 Å². The van der Waals surface area contributed by atoms with Gasteiger partial charge in [-0.1, -0.05) is 12.8 Å². The summed E-state index contributed by atoms with van der Waals surface area (Å²) in [5, 5.41) is 2.69. The van der Waals surface area contributed by atoms with Gasteiger partial charge in [-0.15, -0.1) is 0 Å². The highest BCUT2D eigenvalue weighted by Crippen LogP contribution is 2.30.